The minimum Gasteiger partial charge on any atom is -0.356 e. The van der Waals surface area contributed by atoms with Crippen LogP contribution in [0.5, 0.6) is 0 Å². The zero-order valence-electron chi connectivity index (χ0n) is 6.96. The second-order valence-electron chi connectivity index (χ2n) is 3.19. The molecule has 10 heavy (non-hydrogen) atoms. The van der Waals surface area contributed by atoms with E-state index >= 15 is 0 Å². The van der Waals surface area contributed by atoms with Gasteiger partial charge in [-0.15, -0.1) is 0 Å². The quantitative estimate of drug-likeness (QED) is 0.557. The van der Waals surface area contributed by atoms with Crippen molar-refractivity contribution < 1.29 is 9.47 Å². The number of rotatable bonds is 1. The molecular formula is C8H16O2. The van der Waals surface area contributed by atoms with E-state index in [0.717, 1.165) is 18.9 Å². The molecule has 0 saturated carbocycles. The van der Waals surface area contributed by atoms with Gasteiger partial charge in [-0.25, -0.2) is 0 Å². The van der Waals surface area contributed by atoms with E-state index in [4.69, 9.17) is 9.47 Å². The molecule has 0 bridgehead atoms. The highest BCUT2D eigenvalue weighted by Crippen LogP contribution is 2.24. The predicted octanol–water partition coefficient (Wildman–Crippen LogP) is 1.65. The third-order valence-electron chi connectivity index (χ3n) is 2.34. The van der Waals surface area contributed by atoms with Crippen molar-refractivity contribution in [3.8, 4) is 0 Å². The molecule has 1 aliphatic heterocycles. The molecule has 1 aliphatic rings. The van der Waals surface area contributed by atoms with Crippen LogP contribution in [0, 0.1) is 11.8 Å². The molecule has 0 aliphatic carbocycles. The monoisotopic (exact) mass is 144 g/mol. The van der Waals surface area contributed by atoms with E-state index < -0.39 is 0 Å². The summed E-state index contributed by atoms with van der Waals surface area (Å²) in [6.45, 7) is 5.31. The molecule has 0 amide bonds. The first-order chi connectivity index (χ1) is 4.74. The van der Waals surface area contributed by atoms with Crippen LogP contribution in [0.15, 0.2) is 0 Å². The van der Waals surface area contributed by atoms with E-state index in [1.54, 1.807) is 7.11 Å². The first-order valence-electron chi connectivity index (χ1n) is 3.88. The summed E-state index contributed by atoms with van der Waals surface area (Å²) in [5.41, 5.74) is 0. The van der Waals surface area contributed by atoms with Crippen molar-refractivity contribution in [2.24, 2.45) is 11.8 Å². The van der Waals surface area contributed by atoms with Gasteiger partial charge in [0.2, 0.25) is 0 Å². The van der Waals surface area contributed by atoms with E-state index in [1.165, 1.54) is 0 Å². The molecule has 0 N–H and O–H groups in total. The van der Waals surface area contributed by atoms with Gasteiger partial charge < -0.3 is 9.47 Å². The average molecular weight is 144 g/mol. The van der Waals surface area contributed by atoms with Gasteiger partial charge in [-0.3, -0.25) is 0 Å². The first-order valence-corrected chi connectivity index (χ1v) is 3.88. The van der Waals surface area contributed by atoms with Crippen molar-refractivity contribution >= 4 is 0 Å². The third-order valence-corrected chi connectivity index (χ3v) is 2.34. The highest BCUT2D eigenvalue weighted by molar-refractivity contribution is 4.68. The average Bonchev–Trinajstić information content (AvgIpc) is 1.95. The summed E-state index contributed by atoms with van der Waals surface area (Å²) < 4.78 is 10.5. The molecule has 0 radical (unpaired) electrons. The Morgan fingerprint density at radius 3 is 2.50 bits per heavy atom. The van der Waals surface area contributed by atoms with Crippen LogP contribution >= 0.6 is 0 Å². The molecule has 1 fully saturated rings. The lowest BCUT2D eigenvalue weighted by Crippen LogP contribution is -2.31. The topological polar surface area (TPSA) is 18.5 Å². The van der Waals surface area contributed by atoms with Gasteiger partial charge >= 0.3 is 0 Å². The summed E-state index contributed by atoms with van der Waals surface area (Å²) in [4.78, 5) is 0. The molecule has 60 valence electrons. The normalized spacial score (nSPS) is 41.7. The van der Waals surface area contributed by atoms with Crippen LogP contribution in [-0.2, 0) is 9.47 Å². The van der Waals surface area contributed by atoms with E-state index in [9.17, 15) is 0 Å². The Labute approximate surface area is 62.5 Å². The Morgan fingerprint density at radius 2 is 2.00 bits per heavy atom. The Balaban J connectivity index is 2.33. The molecule has 0 spiro atoms. The molecule has 2 heteroatoms. The van der Waals surface area contributed by atoms with Gasteiger partial charge in [-0.2, -0.15) is 0 Å². The number of methoxy groups -OCH3 is 1. The molecule has 1 heterocycles. The molecule has 1 saturated heterocycles. The van der Waals surface area contributed by atoms with Crippen LogP contribution in [0.2, 0.25) is 0 Å². The predicted molar refractivity (Wildman–Crippen MR) is 39.7 cm³/mol. The fraction of sp³-hybridized carbons (Fsp3) is 1.00. The lowest BCUT2D eigenvalue weighted by Gasteiger charge is -2.31. The van der Waals surface area contributed by atoms with Crippen molar-refractivity contribution in [3.05, 3.63) is 0 Å². The first kappa shape index (κ1) is 8.02. The molecular weight excluding hydrogens is 128 g/mol. The van der Waals surface area contributed by atoms with Gasteiger partial charge in [0.25, 0.3) is 0 Å². The van der Waals surface area contributed by atoms with Crippen LogP contribution < -0.4 is 0 Å². The second kappa shape index (κ2) is 3.35. The van der Waals surface area contributed by atoms with Gasteiger partial charge in [0.05, 0.1) is 6.61 Å². The van der Waals surface area contributed by atoms with Gasteiger partial charge in [0.15, 0.2) is 6.29 Å². The van der Waals surface area contributed by atoms with Crippen molar-refractivity contribution in [2.45, 2.75) is 26.6 Å². The van der Waals surface area contributed by atoms with E-state index in [0.29, 0.717) is 5.92 Å². The Hall–Kier alpha value is -0.0800. The minimum absolute atomic E-state index is 0.0474. The zero-order chi connectivity index (χ0) is 7.56. The molecule has 0 aromatic heterocycles. The zero-order valence-corrected chi connectivity index (χ0v) is 6.96. The van der Waals surface area contributed by atoms with Gasteiger partial charge in [0, 0.05) is 13.5 Å². The molecule has 0 aromatic carbocycles. The summed E-state index contributed by atoms with van der Waals surface area (Å²) in [5, 5.41) is 0. The highest BCUT2D eigenvalue weighted by Gasteiger charge is 2.24. The highest BCUT2D eigenvalue weighted by atomic mass is 16.7. The number of hydrogen-bond acceptors (Lipinski definition) is 2. The fourth-order valence-corrected chi connectivity index (χ4v) is 1.19. The van der Waals surface area contributed by atoms with Crippen molar-refractivity contribution in [1.82, 2.24) is 0 Å². The minimum atomic E-state index is 0.0474. The standard InChI is InChI=1S/C8H16O2/c1-6-4-8(9-3)10-5-7(6)2/h6-8H,4-5H2,1-3H3/t6?,7-,8+/m0/s1. The van der Waals surface area contributed by atoms with Crippen LogP contribution in [0.3, 0.4) is 0 Å². The van der Waals surface area contributed by atoms with Crippen molar-refractivity contribution in [2.75, 3.05) is 13.7 Å². The summed E-state index contributed by atoms with van der Waals surface area (Å²) in [6.07, 6.45) is 1.09. The van der Waals surface area contributed by atoms with Gasteiger partial charge in [-0.05, 0) is 11.8 Å². The summed E-state index contributed by atoms with van der Waals surface area (Å²) in [5.74, 6) is 1.42. The number of ether oxygens (including phenoxy) is 2. The van der Waals surface area contributed by atoms with Crippen molar-refractivity contribution in [3.63, 3.8) is 0 Å². The van der Waals surface area contributed by atoms with E-state index in [-0.39, 0.29) is 6.29 Å². The van der Waals surface area contributed by atoms with Crippen LogP contribution in [0.1, 0.15) is 20.3 Å². The largest absolute Gasteiger partial charge is 0.356 e. The van der Waals surface area contributed by atoms with Crippen LogP contribution in [0.4, 0.5) is 0 Å². The molecule has 1 rings (SSSR count). The maximum Gasteiger partial charge on any atom is 0.157 e. The second-order valence-corrected chi connectivity index (χ2v) is 3.19. The lowest BCUT2D eigenvalue weighted by atomic mass is 9.91. The van der Waals surface area contributed by atoms with Gasteiger partial charge in [0.1, 0.15) is 0 Å². The molecule has 2 nitrogen and oxygen atoms in total. The smallest absolute Gasteiger partial charge is 0.157 e. The van der Waals surface area contributed by atoms with Gasteiger partial charge in [-0.1, -0.05) is 13.8 Å². The van der Waals surface area contributed by atoms with E-state index in [2.05, 4.69) is 13.8 Å². The summed E-state index contributed by atoms with van der Waals surface area (Å²) >= 11 is 0. The molecule has 0 aromatic rings. The Morgan fingerprint density at radius 1 is 1.30 bits per heavy atom. The number of hydrogen-bond donors (Lipinski definition) is 0. The maximum atomic E-state index is 5.39. The third kappa shape index (κ3) is 1.70. The summed E-state index contributed by atoms with van der Waals surface area (Å²) in [7, 11) is 1.70. The lowest BCUT2D eigenvalue weighted by molar-refractivity contribution is -0.171. The van der Waals surface area contributed by atoms with Crippen LogP contribution in [0.25, 0.3) is 0 Å². The maximum absolute atomic E-state index is 5.39. The molecule has 1 unspecified atom stereocenters. The molecule has 3 atom stereocenters. The Kier molecular flexibility index (Phi) is 2.69. The van der Waals surface area contributed by atoms with Crippen molar-refractivity contribution in [1.29, 1.82) is 0 Å². The van der Waals surface area contributed by atoms with Crippen LogP contribution in [-0.4, -0.2) is 20.0 Å². The summed E-state index contributed by atoms with van der Waals surface area (Å²) in [6, 6.07) is 0. The SMILES string of the molecule is CO[C@H]1CC(C)[C@@H](C)CO1. The van der Waals surface area contributed by atoms with E-state index in [1.807, 2.05) is 0 Å². The fourth-order valence-electron chi connectivity index (χ4n) is 1.19. The Bertz CT molecular complexity index is 103.